The van der Waals surface area contributed by atoms with E-state index in [9.17, 15) is 4.79 Å². The number of carbonyl (C=O) groups is 1. The molecule has 9 nitrogen and oxygen atoms in total. The summed E-state index contributed by atoms with van der Waals surface area (Å²) >= 11 is 0. The zero-order chi connectivity index (χ0) is 18.0. The standard InChI is InChI=1S/C17H21N5O4/c1-24-16(23)18-17(7-3-2-4-8-17)15-19-20-21-22(15)12-5-6-13-14(11-12)26-10-9-25-13/h5-6,11H,2-4,7-10H2,1H3,(H,18,23). The average molecular weight is 359 g/mol. The van der Waals surface area contributed by atoms with Gasteiger partial charge in [0, 0.05) is 6.07 Å². The van der Waals surface area contributed by atoms with Crippen molar-refractivity contribution in [2.45, 2.75) is 37.6 Å². The lowest BCUT2D eigenvalue weighted by Crippen LogP contribution is -2.49. The number of carbonyl (C=O) groups excluding carboxylic acids is 1. The van der Waals surface area contributed by atoms with Gasteiger partial charge in [-0.2, -0.15) is 4.68 Å². The number of alkyl carbamates (subject to hydrolysis) is 1. The van der Waals surface area contributed by atoms with E-state index in [0.717, 1.165) is 37.8 Å². The molecule has 0 unspecified atom stereocenters. The van der Waals surface area contributed by atoms with Crippen LogP contribution in [0.1, 0.15) is 37.9 Å². The number of methoxy groups -OCH3 is 1. The second-order valence-corrected chi connectivity index (χ2v) is 6.50. The topological polar surface area (TPSA) is 100 Å². The second kappa shape index (κ2) is 6.81. The van der Waals surface area contributed by atoms with Gasteiger partial charge in [0.25, 0.3) is 0 Å². The number of tetrazole rings is 1. The Labute approximate surface area is 150 Å². The third kappa shape index (κ3) is 2.93. The Kier molecular flexibility index (Phi) is 4.36. The molecule has 138 valence electrons. The van der Waals surface area contributed by atoms with Crippen molar-refractivity contribution in [3.05, 3.63) is 24.0 Å². The SMILES string of the molecule is COC(=O)NC1(c2nnnn2-c2ccc3c(c2)OCCO3)CCCCC1. The van der Waals surface area contributed by atoms with Crippen LogP contribution in [0.15, 0.2) is 18.2 Å². The van der Waals surface area contributed by atoms with Gasteiger partial charge in [-0.15, -0.1) is 5.10 Å². The molecular weight excluding hydrogens is 338 g/mol. The maximum absolute atomic E-state index is 12.0. The lowest BCUT2D eigenvalue weighted by atomic mass is 9.81. The number of aromatic nitrogens is 4. The lowest BCUT2D eigenvalue weighted by Gasteiger charge is -2.36. The molecule has 0 atom stereocenters. The summed E-state index contributed by atoms with van der Waals surface area (Å²) in [6, 6.07) is 5.57. The Morgan fingerprint density at radius 1 is 1.19 bits per heavy atom. The molecule has 1 aliphatic carbocycles. The Balaban J connectivity index is 1.74. The molecule has 2 aromatic rings. The molecule has 1 amide bonds. The summed E-state index contributed by atoms with van der Waals surface area (Å²) in [5, 5.41) is 15.2. The predicted octanol–water partition coefficient (Wildman–Crippen LogP) is 1.95. The summed E-state index contributed by atoms with van der Waals surface area (Å²) in [5.74, 6) is 1.96. The van der Waals surface area contributed by atoms with E-state index in [2.05, 4.69) is 20.8 Å². The van der Waals surface area contributed by atoms with Crippen LogP contribution in [0.25, 0.3) is 5.69 Å². The molecule has 9 heteroatoms. The summed E-state index contributed by atoms with van der Waals surface area (Å²) in [6.07, 6.45) is 4.12. The van der Waals surface area contributed by atoms with Crippen molar-refractivity contribution in [3.8, 4) is 17.2 Å². The molecule has 1 N–H and O–H groups in total. The molecule has 2 heterocycles. The Hall–Kier alpha value is -2.84. The van der Waals surface area contributed by atoms with Crippen LogP contribution in [0.2, 0.25) is 0 Å². The summed E-state index contributed by atoms with van der Waals surface area (Å²) < 4.78 is 17.7. The first-order chi connectivity index (χ1) is 12.7. The molecule has 1 aliphatic heterocycles. The van der Waals surface area contributed by atoms with Gasteiger partial charge in [-0.05, 0) is 35.4 Å². The Morgan fingerprint density at radius 3 is 2.73 bits per heavy atom. The van der Waals surface area contributed by atoms with Gasteiger partial charge in [-0.1, -0.05) is 19.3 Å². The number of nitrogens with zero attached hydrogens (tertiary/aromatic N) is 4. The van der Waals surface area contributed by atoms with E-state index in [1.807, 2.05) is 18.2 Å². The van der Waals surface area contributed by atoms with Gasteiger partial charge < -0.3 is 19.5 Å². The van der Waals surface area contributed by atoms with Gasteiger partial charge in [0.1, 0.15) is 18.8 Å². The molecule has 4 rings (SSSR count). The molecule has 1 aromatic heterocycles. The van der Waals surface area contributed by atoms with E-state index >= 15 is 0 Å². The van der Waals surface area contributed by atoms with E-state index in [4.69, 9.17) is 14.2 Å². The highest BCUT2D eigenvalue weighted by Crippen LogP contribution is 2.38. The third-order valence-electron chi connectivity index (χ3n) is 4.90. The average Bonchev–Trinajstić information content (AvgIpc) is 3.19. The van der Waals surface area contributed by atoms with E-state index in [1.165, 1.54) is 7.11 Å². The van der Waals surface area contributed by atoms with Gasteiger partial charge in [-0.25, -0.2) is 4.79 Å². The Morgan fingerprint density at radius 2 is 1.96 bits per heavy atom. The highest BCUT2D eigenvalue weighted by Gasteiger charge is 2.41. The quantitative estimate of drug-likeness (QED) is 0.894. The number of amides is 1. The normalized spacial score (nSPS) is 18.2. The van der Waals surface area contributed by atoms with Crippen molar-refractivity contribution < 1.29 is 19.0 Å². The van der Waals surface area contributed by atoms with Crippen molar-refractivity contribution in [1.29, 1.82) is 0 Å². The van der Waals surface area contributed by atoms with Crippen molar-refractivity contribution in [1.82, 2.24) is 25.5 Å². The van der Waals surface area contributed by atoms with Crippen molar-refractivity contribution in [2.24, 2.45) is 0 Å². The summed E-state index contributed by atoms with van der Waals surface area (Å²) in [5.41, 5.74) is 0.105. The molecule has 1 saturated carbocycles. The fraction of sp³-hybridized carbons (Fsp3) is 0.529. The van der Waals surface area contributed by atoms with Crippen LogP contribution in [-0.2, 0) is 10.3 Å². The number of hydrogen-bond donors (Lipinski definition) is 1. The molecular formula is C17H21N5O4. The van der Waals surface area contributed by atoms with E-state index in [-0.39, 0.29) is 0 Å². The third-order valence-corrected chi connectivity index (χ3v) is 4.90. The van der Waals surface area contributed by atoms with Gasteiger partial charge >= 0.3 is 6.09 Å². The lowest BCUT2D eigenvalue weighted by molar-refractivity contribution is 0.139. The van der Waals surface area contributed by atoms with Crippen LogP contribution in [-0.4, -0.2) is 46.6 Å². The molecule has 1 aromatic carbocycles. The van der Waals surface area contributed by atoms with Gasteiger partial charge in [0.15, 0.2) is 17.3 Å². The summed E-state index contributed by atoms with van der Waals surface area (Å²) in [6.45, 7) is 1.04. The second-order valence-electron chi connectivity index (χ2n) is 6.50. The molecule has 0 bridgehead atoms. The van der Waals surface area contributed by atoms with Crippen LogP contribution >= 0.6 is 0 Å². The monoisotopic (exact) mass is 359 g/mol. The van der Waals surface area contributed by atoms with Crippen molar-refractivity contribution in [3.63, 3.8) is 0 Å². The minimum atomic E-state index is -0.651. The number of benzene rings is 1. The van der Waals surface area contributed by atoms with E-state index in [0.29, 0.717) is 30.5 Å². The predicted molar refractivity (Wildman–Crippen MR) is 90.4 cm³/mol. The first-order valence-corrected chi connectivity index (χ1v) is 8.77. The van der Waals surface area contributed by atoms with Crippen LogP contribution < -0.4 is 14.8 Å². The van der Waals surface area contributed by atoms with Crippen LogP contribution in [0, 0.1) is 0 Å². The molecule has 2 aliphatic rings. The largest absolute Gasteiger partial charge is 0.486 e. The first kappa shape index (κ1) is 16.6. The van der Waals surface area contributed by atoms with Gasteiger partial charge in [0.2, 0.25) is 0 Å². The smallest absolute Gasteiger partial charge is 0.407 e. The zero-order valence-corrected chi connectivity index (χ0v) is 14.6. The highest BCUT2D eigenvalue weighted by atomic mass is 16.6. The number of hydrogen-bond acceptors (Lipinski definition) is 7. The number of rotatable bonds is 3. The van der Waals surface area contributed by atoms with Gasteiger partial charge in [-0.3, -0.25) is 0 Å². The van der Waals surface area contributed by atoms with Crippen LogP contribution in [0.4, 0.5) is 4.79 Å². The number of fused-ring (bicyclic) bond motifs is 1. The van der Waals surface area contributed by atoms with Crippen LogP contribution in [0.5, 0.6) is 11.5 Å². The molecule has 0 saturated heterocycles. The highest BCUT2D eigenvalue weighted by molar-refractivity contribution is 5.68. The van der Waals surface area contributed by atoms with Crippen molar-refractivity contribution >= 4 is 6.09 Å². The van der Waals surface area contributed by atoms with Gasteiger partial charge in [0.05, 0.1) is 12.8 Å². The fourth-order valence-electron chi connectivity index (χ4n) is 3.63. The number of nitrogens with one attached hydrogen (secondary N) is 1. The zero-order valence-electron chi connectivity index (χ0n) is 14.6. The number of ether oxygens (including phenoxy) is 3. The fourth-order valence-corrected chi connectivity index (χ4v) is 3.63. The molecule has 1 fully saturated rings. The van der Waals surface area contributed by atoms with Crippen molar-refractivity contribution in [2.75, 3.05) is 20.3 Å². The summed E-state index contributed by atoms with van der Waals surface area (Å²) in [4.78, 5) is 12.0. The minimum absolute atomic E-state index is 0.483. The minimum Gasteiger partial charge on any atom is -0.486 e. The van der Waals surface area contributed by atoms with E-state index in [1.54, 1.807) is 4.68 Å². The molecule has 0 radical (unpaired) electrons. The Bertz CT molecular complexity index is 800. The molecule has 0 spiro atoms. The first-order valence-electron chi connectivity index (χ1n) is 8.77. The maximum Gasteiger partial charge on any atom is 0.407 e. The summed E-state index contributed by atoms with van der Waals surface area (Å²) in [7, 11) is 1.36. The van der Waals surface area contributed by atoms with E-state index < -0.39 is 11.6 Å². The molecule has 26 heavy (non-hydrogen) atoms. The maximum atomic E-state index is 12.0. The van der Waals surface area contributed by atoms with Crippen LogP contribution in [0.3, 0.4) is 0 Å².